The summed E-state index contributed by atoms with van der Waals surface area (Å²) in [6.45, 7) is 0.437. The van der Waals surface area contributed by atoms with Crippen LogP contribution in [-0.4, -0.2) is 38.0 Å². The van der Waals surface area contributed by atoms with E-state index in [2.05, 4.69) is 10.6 Å². The van der Waals surface area contributed by atoms with Crippen LogP contribution >= 0.6 is 23.2 Å². The van der Waals surface area contributed by atoms with Gasteiger partial charge in [-0.25, -0.2) is 0 Å². The topological polar surface area (TPSA) is 97.0 Å². The number of ether oxygens (including phenoxy) is 2. The SMILES string of the molecule is COc1ccc(CNC(=O)[C@@H]2CC(=O)N(c3ccc(OCC(=O)Nc4ccc(Cl)cc4Cl)cc3)C2)cc1. The summed E-state index contributed by atoms with van der Waals surface area (Å²) in [6.07, 6.45) is 0.139. The maximum absolute atomic E-state index is 12.6. The average molecular weight is 542 g/mol. The van der Waals surface area contributed by atoms with Gasteiger partial charge in [0.2, 0.25) is 11.8 Å². The third-order valence-corrected chi connectivity index (χ3v) is 6.39. The minimum atomic E-state index is -0.440. The van der Waals surface area contributed by atoms with Crippen LogP contribution in [0.4, 0.5) is 11.4 Å². The van der Waals surface area contributed by atoms with Crippen LogP contribution in [0.25, 0.3) is 0 Å². The van der Waals surface area contributed by atoms with Gasteiger partial charge in [0.25, 0.3) is 5.91 Å². The first-order chi connectivity index (χ1) is 17.8. The normalized spacial score (nSPS) is 14.8. The summed E-state index contributed by atoms with van der Waals surface area (Å²) < 4.78 is 10.7. The molecule has 0 spiro atoms. The van der Waals surface area contributed by atoms with Gasteiger partial charge in [-0.3, -0.25) is 14.4 Å². The average Bonchev–Trinajstić information content (AvgIpc) is 3.30. The summed E-state index contributed by atoms with van der Waals surface area (Å²) in [7, 11) is 1.60. The van der Waals surface area contributed by atoms with Gasteiger partial charge >= 0.3 is 0 Å². The number of rotatable bonds is 9. The Labute approximate surface area is 224 Å². The molecule has 1 atom stereocenters. The summed E-state index contributed by atoms with van der Waals surface area (Å²) in [6, 6.07) is 19.0. The van der Waals surface area contributed by atoms with Gasteiger partial charge in [0.1, 0.15) is 11.5 Å². The quantitative estimate of drug-likeness (QED) is 0.409. The van der Waals surface area contributed by atoms with Crippen LogP contribution < -0.4 is 25.0 Å². The Kier molecular flexibility index (Phi) is 8.53. The Hall–Kier alpha value is -3.75. The second kappa shape index (κ2) is 12.0. The summed E-state index contributed by atoms with van der Waals surface area (Å²) in [5, 5.41) is 6.36. The molecule has 3 amide bonds. The van der Waals surface area contributed by atoms with Crippen molar-refractivity contribution in [3.8, 4) is 11.5 Å². The highest BCUT2D eigenvalue weighted by atomic mass is 35.5. The predicted molar refractivity (Wildman–Crippen MR) is 142 cm³/mol. The highest BCUT2D eigenvalue weighted by Crippen LogP contribution is 2.28. The maximum Gasteiger partial charge on any atom is 0.262 e. The Bertz CT molecular complexity index is 1280. The molecule has 0 aromatic heterocycles. The smallest absolute Gasteiger partial charge is 0.262 e. The van der Waals surface area contributed by atoms with Crippen LogP contribution in [0.2, 0.25) is 10.0 Å². The molecular weight excluding hydrogens is 517 g/mol. The van der Waals surface area contributed by atoms with Gasteiger partial charge in [0.15, 0.2) is 6.61 Å². The Balaban J connectivity index is 1.26. The second-order valence-electron chi connectivity index (χ2n) is 8.43. The van der Waals surface area contributed by atoms with E-state index in [0.717, 1.165) is 11.3 Å². The fourth-order valence-electron chi connectivity index (χ4n) is 3.86. The minimum Gasteiger partial charge on any atom is -0.497 e. The number of hydrogen-bond donors (Lipinski definition) is 2. The third-order valence-electron chi connectivity index (χ3n) is 5.85. The predicted octanol–water partition coefficient (Wildman–Crippen LogP) is 4.69. The second-order valence-corrected chi connectivity index (χ2v) is 9.27. The number of amides is 3. The molecule has 1 heterocycles. The van der Waals surface area contributed by atoms with Crippen LogP contribution in [-0.2, 0) is 20.9 Å². The van der Waals surface area contributed by atoms with Crippen molar-refractivity contribution in [3.63, 3.8) is 0 Å². The lowest BCUT2D eigenvalue weighted by atomic mass is 10.1. The summed E-state index contributed by atoms with van der Waals surface area (Å²) >= 11 is 11.9. The number of methoxy groups -OCH3 is 1. The number of carbonyl (C=O) groups excluding carboxylic acids is 3. The molecule has 3 aromatic rings. The molecule has 1 saturated heterocycles. The first kappa shape index (κ1) is 26.3. The molecule has 37 heavy (non-hydrogen) atoms. The Morgan fingerprint density at radius 2 is 1.70 bits per heavy atom. The molecule has 192 valence electrons. The minimum absolute atomic E-state index is 0.127. The summed E-state index contributed by atoms with van der Waals surface area (Å²) in [4.78, 5) is 39.0. The number of nitrogens with zero attached hydrogens (tertiary/aromatic N) is 1. The number of benzene rings is 3. The van der Waals surface area contributed by atoms with Crippen molar-refractivity contribution in [3.05, 3.63) is 82.3 Å². The van der Waals surface area contributed by atoms with E-state index in [1.165, 1.54) is 6.07 Å². The van der Waals surface area contributed by atoms with Crippen molar-refractivity contribution < 1.29 is 23.9 Å². The van der Waals surface area contributed by atoms with E-state index in [4.69, 9.17) is 32.7 Å². The fraction of sp³-hybridized carbons (Fsp3) is 0.222. The van der Waals surface area contributed by atoms with Gasteiger partial charge in [0.05, 0.1) is 23.7 Å². The molecule has 0 unspecified atom stereocenters. The third kappa shape index (κ3) is 6.93. The number of carbonyl (C=O) groups is 3. The Morgan fingerprint density at radius 3 is 2.38 bits per heavy atom. The molecule has 1 fully saturated rings. The lowest BCUT2D eigenvalue weighted by Crippen LogP contribution is -2.32. The molecule has 1 aliphatic heterocycles. The first-order valence-corrected chi connectivity index (χ1v) is 12.3. The van der Waals surface area contributed by atoms with Crippen LogP contribution in [0.5, 0.6) is 11.5 Å². The van der Waals surface area contributed by atoms with E-state index in [1.807, 2.05) is 24.3 Å². The molecule has 0 aliphatic carbocycles. The largest absolute Gasteiger partial charge is 0.497 e. The van der Waals surface area contributed by atoms with E-state index >= 15 is 0 Å². The molecule has 10 heteroatoms. The van der Waals surface area contributed by atoms with Gasteiger partial charge in [-0.2, -0.15) is 0 Å². The molecule has 4 rings (SSSR count). The number of anilines is 2. The van der Waals surface area contributed by atoms with Crippen LogP contribution in [0, 0.1) is 5.92 Å². The standard InChI is InChI=1S/C27H25Cl2N3O5/c1-36-21-7-2-17(3-8-21)14-30-27(35)18-12-26(34)32(15-18)20-5-9-22(10-6-20)37-16-25(33)31-24-11-4-19(28)13-23(24)29/h2-11,13,18H,12,14-16H2,1H3,(H,30,35)(H,31,33)/t18-/m1/s1. The van der Waals surface area contributed by atoms with Gasteiger partial charge in [-0.15, -0.1) is 0 Å². The maximum atomic E-state index is 12.6. The van der Waals surface area contributed by atoms with Crippen molar-refractivity contribution in [2.24, 2.45) is 5.92 Å². The van der Waals surface area contributed by atoms with Gasteiger partial charge in [-0.05, 0) is 60.2 Å². The summed E-state index contributed by atoms with van der Waals surface area (Å²) in [5.41, 5.74) is 2.03. The zero-order valence-corrected chi connectivity index (χ0v) is 21.5. The van der Waals surface area contributed by atoms with Crippen LogP contribution in [0.1, 0.15) is 12.0 Å². The highest BCUT2D eigenvalue weighted by molar-refractivity contribution is 6.36. The number of hydrogen-bond acceptors (Lipinski definition) is 5. The lowest BCUT2D eigenvalue weighted by molar-refractivity contribution is -0.126. The van der Waals surface area contributed by atoms with Crippen LogP contribution in [0.3, 0.4) is 0 Å². The zero-order chi connectivity index (χ0) is 26.4. The van der Waals surface area contributed by atoms with E-state index in [9.17, 15) is 14.4 Å². The van der Waals surface area contributed by atoms with Gasteiger partial charge < -0.3 is 25.0 Å². The fourth-order valence-corrected chi connectivity index (χ4v) is 4.31. The molecule has 0 bridgehead atoms. The lowest BCUT2D eigenvalue weighted by Gasteiger charge is -2.17. The van der Waals surface area contributed by atoms with E-state index in [1.54, 1.807) is 48.4 Å². The van der Waals surface area contributed by atoms with Crippen molar-refractivity contribution >= 4 is 52.3 Å². The monoisotopic (exact) mass is 541 g/mol. The first-order valence-electron chi connectivity index (χ1n) is 11.5. The zero-order valence-electron chi connectivity index (χ0n) is 20.0. The molecule has 2 N–H and O–H groups in total. The van der Waals surface area contributed by atoms with Gasteiger partial charge in [0, 0.05) is 30.2 Å². The van der Waals surface area contributed by atoms with Crippen molar-refractivity contribution in [2.45, 2.75) is 13.0 Å². The van der Waals surface area contributed by atoms with Crippen molar-refractivity contribution in [1.82, 2.24) is 5.32 Å². The van der Waals surface area contributed by atoms with Gasteiger partial charge in [-0.1, -0.05) is 35.3 Å². The molecule has 0 radical (unpaired) electrons. The van der Waals surface area contributed by atoms with Crippen molar-refractivity contribution in [2.75, 3.05) is 30.5 Å². The Morgan fingerprint density at radius 1 is 1.00 bits per heavy atom. The van der Waals surface area contributed by atoms with E-state index in [0.29, 0.717) is 33.7 Å². The molecule has 3 aromatic carbocycles. The number of nitrogens with one attached hydrogen (secondary N) is 2. The molecule has 0 saturated carbocycles. The molecular formula is C27H25Cl2N3O5. The molecule has 1 aliphatic rings. The van der Waals surface area contributed by atoms with Crippen LogP contribution in [0.15, 0.2) is 66.7 Å². The van der Waals surface area contributed by atoms with E-state index in [-0.39, 0.29) is 37.3 Å². The molecule has 8 nitrogen and oxygen atoms in total. The summed E-state index contributed by atoms with van der Waals surface area (Å²) in [5.74, 6) is 0.0867. The highest BCUT2D eigenvalue weighted by Gasteiger charge is 2.35. The van der Waals surface area contributed by atoms with E-state index < -0.39 is 5.92 Å². The van der Waals surface area contributed by atoms with Crippen molar-refractivity contribution in [1.29, 1.82) is 0 Å². The number of halogens is 2.